The van der Waals surface area contributed by atoms with Crippen molar-refractivity contribution in [2.24, 2.45) is 7.05 Å². The Morgan fingerprint density at radius 2 is 2.07 bits per heavy atom. The first-order valence-electron chi connectivity index (χ1n) is 9.33. The zero-order valence-electron chi connectivity index (χ0n) is 15.9. The van der Waals surface area contributed by atoms with Crippen LogP contribution >= 0.6 is 11.6 Å². The lowest BCUT2D eigenvalue weighted by Gasteiger charge is -2.09. The van der Waals surface area contributed by atoms with Crippen molar-refractivity contribution in [3.63, 3.8) is 0 Å². The van der Waals surface area contributed by atoms with Crippen LogP contribution in [-0.4, -0.2) is 35.8 Å². The predicted molar refractivity (Wildman–Crippen MR) is 106 cm³/mol. The Morgan fingerprint density at radius 3 is 2.87 bits per heavy atom. The standard InChI is InChI=1S/C19H17ClN6O4/c1-25-15-17(23-19(25)28)21-9-26(18(15)27)7-14-22-16(24-30-14)11-6-13(29-8-11)10-2-4-12(20)5-3-10/h2-5,9,11,13H,6-8H2,1H3,(H,23,28)/t11-,13?/m0/s1. The lowest BCUT2D eigenvalue weighted by Crippen LogP contribution is -2.24. The maximum Gasteiger partial charge on any atom is 0.327 e. The van der Waals surface area contributed by atoms with Crippen LogP contribution in [0.3, 0.4) is 0 Å². The van der Waals surface area contributed by atoms with Crippen molar-refractivity contribution in [2.75, 3.05) is 6.61 Å². The number of imidazole rings is 1. The van der Waals surface area contributed by atoms with Gasteiger partial charge in [0.15, 0.2) is 17.0 Å². The number of rotatable bonds is 4. The first-order chi connectivity index (χ1) is 14.5. The summed E-state index contributed by atoms with van der Waals surface area (Å²) >= 11 is 5.94. The molecule has 30 heavy (non-hydrogen) atoms. The highest BCUT2D eigenvalue weighted by molar-refractivity contribution is 6.30. The molecular weight excluding hydrogens is 412 g/mol. The van der Waals surface area contributed by atoms with Crippen molar-refractivity contribution in [2.45, 2.75) is 25.0 Å². The van der Waals surface area contributed by atoms with E-state index in [0.717, 1.165) is 12.0 Å². The average Bonchev–Trinajstić information content (AvgIpc) is 3.45. The van der Waals surface area contributed by atoms with E-state index in [2.05, 4.69) is 20.1 Å². The molecule has 0 saturated carbocycles. The van der Waals surface area contributed by atoms with Crippen molar-refractivity contribution in [3.05, 3.63) is 73.7 Å². The summed E-state index contributed by atoms with van der Waals surface area (Å²) in [5.41, 5.74) is 0.716. The number of halogens is 1. The van der Waals surface area contributed by atoms with Gasteiger partial charge in [0, 0.05) is 18.0 Å². The smallest absolute Gasteiger partial charge is 0.327 e. The van der Waals surface area contributed by atoms with Crippen LogP contribution in [-0.2, 0) is 18.3 Å². The number of ether oxygens (including phenoxy) is 1. The zero-order valence-corrected chi connectivity index (χ0v) is 16.7. The normalized spacial score (nSPS) is 19.0. The fourth-order valence-corrected chi connectivity index (χ4v) is 3.76. The Balaban J connectivity index is 1.34. The molecule has 1 unspecified atom stereocenters. The maximum atomic E-state index is 12.7. The van der Waals surface area contributed by atoms with E-state index in [-0.39, 0.29) is 41.2 Å². The number of aromatic nitrogens is 6. The number of hydrogen-bond acceptors (Lipinski definition) is 7. The molecule has 3 aromatic heterocycles. The number of hydrogen-bond donors (Lipinski definition) is 1. The van der Waals surface area contributed by atoms with E-state index in [9.17, 15) is 9.59 Å². The van der Waals surface area contributed by atoms with Crippen LogP contribution in [0.15, 0.2) is 44.7 Å². The molecule has 0 bridgehead atoms. The molecule has 154 valence electrons. The third-order valence-corrected chi connectivity index (χ3v) is 5.52. The first kappa shape index (κ1) is 18.8. The molecular formula is C19H17ClN6O4. The summed E-state index contributed by atoms with van der Waals surface area (Å²) in [6.07, 6.45) is 2.01. The number of nitrogens with zero attached hydrogens (tertiary/aromatic N) is 5. The molecule has 1 aromatic carbocycles. The Bertz CT molecular complexity index is 1340. The number of aromatic amines is 1. The summed E-state index contributed by atoms with van der Waals surface area (Å²) in [7, 11) is 1.51. The van der Waals surface area contributed by atoms with Gasteiger partial charge in [0.2, 0.25) is 5.89 Å². The molecule has 10 nitrogen and oxygen atoms in total. The first-order valence-corrected chi connectivity index (χ1v) is 9.71. The molecule has 1 saturated heterocycles. The highest BCUT2D eigenvalue weighted by atomic mass is 35.5. The van der Waals surface area contributed by atoms with Gasteiger partial charge in [-0.25, -0.2) is 9.78 Å². The third-order valence-electron chi connectivity index (χ3n) is 5.27. The average molecular weight is 429 g/mol. The Kier molecular flexibility index (Phi) is 4.52. The molecule has 2 atom stereocenters. The summed E-state index contributed by atoms with van der Waals surface area (Å²) in [6.45, 7) is 0.535. The van der Waals surface area contributed by atoms with Gasteiger partial charge in [0.05, 0.1) is 12.7 Å². The fraction of sp³-hybridized carbons (Fsp3) is 0.316. The van der Waals surface area contributed by atoms with Crippen molar-refractivity contribution < 1.29 is 9.26 Å². The largest absolute Gasteiger partial charge is 0.373 e. The molecule has 1 N–H and O–H groups in total. The van der Waals surface area contributed by atoms with E-state index >= 15 is 0 Å². The van der Waals surface area contributed by atoms with Gasteiger partial charge in [-0.15, -0.1) is 0 Å². The number of nitrogens with one attached hydrogen (secondary N) is 1. The Labute approximate surface area is 174 Å². The van der Waals surface area contributed by atoms with Crippen molar-refractivity contribution in [1.29, 1.82) is 0 Å². The number of fused-ring (bicyclic) bond motifs is 1. The minimum Gasteiger partial charge on any atom is -0.373 e. The lowest BCUT2D eigenvalue weighted by molar-refractivity contribution is 0.110. The fourth-order valence-electron chi connectivity index (χ4n) is 3.63. The highest BCUT2D eigenvalue weighted by Crippen LogP contribution is 2.37. The second-order valence-electron chi connectivity index (χ2n) is 7.22. The minimum atomic E-state index is -0.399. The molecule has 1 aliphatic rings. The molecule has 0 spiro atoms. The van der Waals surface area contributed by atoms with Gasteiger partial charge in [0.25, 0.3) is 5.56 Å². The topological polar surface area (TPSA) is 121 Å². The van der Waals surface area contributed by atoms with Gasteiger partial charge in [-0.2, -0.15) is 4.98 Å². The van der Waals surface area contributed by atoms with E-state index in [4.69, 9.17) is 20.9 Å². The molecule has 1 aliphatic heterocycles. The van der Waals surface area contributed by atoms with E-state index in [1.807, 2.05) is 24.3 Å². The molecule has 0 aliphatic carbocycles. The van der Waals surface area contributed by atoms with Crippen molar-refractivity contribution in [1.82, 2.24) is 29.2 Å². The quantitative estimate of drug-likeness (QED) is 0.525. The van der Waals surface area contributed by atoms with Crippen LogP contribution in [0, 0.1) is 0 Å². The van der Waals surface area contributed by atoms with Crippen molar-refractivity contribution in [3.8, 4) is 0 Å². The lowest BCUT2D eigenvalue weighted by atomic mass is 10.0. The zero-order chi connectivity index (χ0) is 20.8. The van der Waals surface area contributed by atoms with E-state index in [0.29, 0.717) is 17.5 Å². The molecule has 4 heterocycles. The summed E-state index contributed by atoms with van der Waals surface area (Å²) < 4.78 is 13.8. The van der Waals surface area contributed by atoms with Gasteiger partial charge >= 0.3 is 5.69 Å². The summed E-state index contributed by atoms with van der Waals surface area (Å²) in [6, 6.07) is 7.56. The summed E-state index contributed by atoms with van der Waals surface area (Å²) in [4.78, 5) is 35.5. The second kappa shape index (κ2) is 7.22. The van der Waals surface area contributed by atoms with Gasteiger partial charge in [-0.05, 0) is 24.1 Å². The van der Waals surface area contributed by atoms with E-state index in [1.165, 1.54) is 22.5 Å². The Morgan fingerprint density at radius 1 is 1.27 bits per heavy atom. The van der Waals surface area contributed by atoms with E-state index < -0.39 is 5.69 Å². The van der Waals surface area contributed by atoms with Crippen LogP contribution in [0.4, 0.5) is 0 Å². The summed E-state index contributed by atoms with van der Waals surface area (Å²) in [5, 5.41) is 4.75. The summed E-state index contributed by atoms with van der Waals surface area (Å²) in [5.74, 6) is 0.812. The van der Waals surface area contributed by atoms with Crippen LogP contribution < -0.4 is 11.2 Å². The maximum absolute atomic E-state index is 12.7. The van der Waals surface area contributed by atoms with Gasteiger partial charge < -0.3 is 9.26 Å². The van der Waals surface area contributed by atoms with Gasteiger partial charge in [0.1, 0.15) is 12.9 Å². The van der Waals surface area contributed by atoms with Crippen LogP contribution in [0.1, 0.15) is 35.7 Å². The van der Waals surface area contributed by atoms with Gasteiger partial charge in [-0.1, -0.05) is 28.9 Å². The minimum absolute atomic E-state index is 0.00833. The third kappa shape index (κ3) is 3.23. The van der Waals surface area contributed by atoms with Gasteiger partial charge in [-0.3, -0.25) is 18.9 Å². The van der Waals surface area contributed by atoms with Crippen LogP contribution in [0.25, 0.3) is 11.2 Å². The SMILES string of the molecule is Cn1c(=O)[nH]c2ncn(Cc3nc([C@@H]4COC(c5ccc(Cl)cc5)C4)no3)c(=O)c21. The van der Waals surface area contributed by atoms with Crippen molar-refractivity contribution >= 4 is 22.8 Å². The molecule has 5 rings (SSSR count). The molecule has 0 amide bonds. The predicted octanol–water partition coefficient (Wildman–Crippen LogP) is 1.75. The second-order valence-corrected chi connectivity index (χ2v) is 7.65. The van der Waals surface area contributed by atoms with E-state index in [1.54, 1.807) is 0 Å². The number of aryl methyl sites for hydroxylation is 1. The monoisotopic (exact) mass is 428 g/mol. The number of H-pyrrole nitrogens is 1. The Hall–Kier alpha value is -3.24. The number of benzene rings is 1. The molecule has 0 radical (unpaired) electrons. The molecule has 11 heteroatoms. The van der Waals surface area contributed by atoms with Crippen LogP contribution in [0.2, 0.25) is 5.02 Å². The van der Waals surface area contributed by atoms with Crippen LogP contribution in [0.5, 0.6) is 0 Å². The highest BCUT2D eigenvalue weighted by Gasteiger charge is 2.31. The molecule has 4 aromatic rings. The molecule has 1 fully saturated rings.